The monoisotopic (exact) mass is 1590 g/mol. The number of nitrogens with two attached hydrogens (primary N) is 1. The predicted octanol–water partition coefficient (Wildman–Crippen LogP) is 16.5. The summed E-state index contributed by atoms with van der Waals surface area (Å²) in [4.78, 5) is 24.5. The number of aromatic nitrogens is 3. The van der Waals surface area contributed by atoms with Crippen LogP contribution < -0.4 is 74.7 Å². The van der Waals surface area contributed by atoms with Gasteiger partial charge >= 0.3 is 5.97 Å². The minimum Gasteiger partial charge on any atom is -0.478 e. The third-order valence-electron chi connectivity index (χ3n) is 18.0. The Hall–Kier alpha value is -9.67. The van der Waals surface area contributed by atoms with Gasteiger partial charge in [-0.1, -0.05) is 389 Å². The third kappa shape index (κ3) is 26.2. The first-order valence-corrected chi connectivity index (χ1v) is 47.0. The van der Waals surface area contributed by atoms with Crippen molar-refractivity contribution >= 4 is 139 Å². The van der Waals surface area contributed by atoms with E-state index in [0.717, 1.165) is 35.6 Å². The molecular weight excluding hydrogens is 1500 g/mol. The largest absolute Gasteiger partial charge is 0.478 e. The fourth-order valence-electron chi connectivity index (χ4n) is 12.3. The van der Waals surface area contributed by atoms with Gasteiger partial charge in [0.05, 0.1) is 0 Å². The van der Waals surface area contributed by atoms with Crippen LogP contribution in [0.2, 0.25) is 0 Å². The summed E-state index contributed by atoms with van der Waals surface area (Å²) in [6, 6.07) is 135. The summed E-state index contributed by atoms with van der Waals surface area (Å²) >= 11 is 0. The highest BCUT2D eigenvalue weighted by Gasteiger charge is 2.26. The molecule has 17 heteroatoms. The van der Waals surface area contributed by atoms with Gasteiger partial charge in [0.25, 0.3) is 10.1 Å². The zero-order valence-corrected chi connectivity index (χ0v) is 68.8. The number of nitrogens with zero attached hydrogens (tertiary/aromatic N) is 4. The first-order valence-electron chi connectivity index (χ1n) is 36.7. The van der Waals surface area contributed by atoms with Gasteiger partial charge in [0.2, 0.25) is 5.95 Å². The summed E-state index contributed by atoms with van der Waals surface area (Å²) < 4.78 is 33.2. The third-order valence-corrected chi connectivity index (χ3v) is 34.5. The predicted molar refractivity (Wildman–Crippen MR) is 482 cm³/mol. The number of carboxylic acid groups (broad SMARTS) is 1. The van der Waals surface area contributed by atoms with Crippen LogP contribution >= 0.6 is 47.5 Å². The summed E-state index contributed by atoms with van der Waals surface area (Å²) in [5, 5.41) is 27.0. The Kier molecular flexibility index (Phi) is 34.4. The van der Waals surface area contributed by atoms with Gasteiger partial charge in [-0.3, -0.25) is 4.55 Å². The fourth-order valence-corrected chi connectivity index (χ4v) is 28.4. The van der Waals surface area contributed by atoms with E-state index in [1.807, 2.05) is 104 Å². The minimum absolute atomic E-state index is 0.0289. The smallest absolute Gasteiger partial charge is 0.331 e. The van der Waals surface area contributed by atoms with Crippen molar-refractivity contribution in [3.8, 4) is 0 Å². The molecule has 14 rings (SSSR count). The first-order chi connectivity index (χ1) is 54.3. The van der Waals surface area contributed by atoms with Crippen molar-refractivity contribution in [2.24, 2.45) is 0 Å². The molecule has 4 N–H and O–H groups in total. The van der Waals surface area contributed by atoms with Crippen LogP contribution in [-0.2, 0) is 14.9 Å². The van der Waals surface area contributed by atoms with E-state index >= 15 is 0 Å². The molecule has 1 heterocycles. The van der Waals surface area contributed by atoms with E-state index in [9.17, 15) is 22.9 Å². The quantitative estimate of drug-likeness (QED) is 0.0271. The van der Waals surface area contributed by atoms with Crippen LogP contribution in [0.3, 0.4) is 0 Å². The molecule has 14 aromatic rings. The second-order valence-corrected chi connectivity index (χ2v) is 40.5. The van der Waals surface area contributed by atoms with Crippen LogP contribution in [0.4, 0.5) is 5.95 Å². The highest BCUT2D eigenvalue weighted by Crippen LogP contribution is 2.45. The number of hydrogen-bond acceptors (Lipinski definition) is 8. The highest BCUT2D eigenvalue weighted by molar-refractivity contribution is 7.88. The molecule has 0 fully saturated rings. The van der Waals surface area contributed by atoms with Gasteiger partial charge in [0.1, 0.15) is 17.6 Å². The molecule has 0 amide bonds. The van der Waals surface area contributed by atoms with Gasteiger partial charge in [0.15, 0.2) is 0 Å². The molecule has 0 aliphatic heterocycles. The van der Waals surface area contributed by atoms with Crippen molar-refractivity contribution < 1.29 is 22.9 Å². The SMILES string of the molecule is CC(C(=O)O)=C(C)P(c1ccccc1)c1ccccc1.CCN(CCP(c1ccccc1)c1ccccc1)CCP(c1ccccc1)c1ccccc1.Nc1ncncn1.O=S(=O)(O)c1ccccc1P(c1ccccc1)c1ccccc1.c1ccc(P(CCP(c2ccccc2)c2ccccc2)c2ccccc2)cc1. The number of anilines is 1. The Bertz CT molecular complexity index is 4700. The normalized spacial score (nSPS) is 11.3. The van der Waals surface area contributed by atoms with Crippen molar-refractivity contribution in [1.29, 1.82) is 0 Å². The molecule has 0 aliphatic rings. The molecular formula is C94H93N5O5P6S. The van der Waals surface area contributed by atoms with E-state index in [4.69, 9.17) is 5.73 Å². The van der Waals surface area contributed by atoms with Crippen LogP contribution in [0.1, 0.15) is 20.8 Å². The second-order valence-electron chi connectivity index (χ2n) is 25.2. The van der Waals surface area contributed by atoms with Crippen molar-refractivity contribution in [2.45, 2.75) is 25.7 Å². The lowest BCUT2D eigenvalue weighted by atomic mass is 10.3. The van der Waals surface area contributed by atoms with E-state index < -0.39 is 31.9 Å². The first kappa shape index (κ1) is 83.8. The summed E-state index contributed by atoms with van der Waals surface area (Å²) in [6.07, 6.45) is 7.51. The lowest BCUT2D eigenvalue weighted by Gasteiger charge is -2.27. The Morgan fingerprint density at radius 3 is 0.820 bits per heavy atom. The van der Waals surface area contributed by atoms with E-state index in [1.54, 1.807) is 25.1 Å². The average molecular weight is 1590 g/mol. The van der Waals surface area contributed by atoms with Crippen LogP contribution in [-0.4, -0.2) is 88.2 Å². The van der Waals surface area contributed by atoms with Gasteiger partial charge in [-0.2, -0.15) is 8.42 Å². The molecule has 0 unspecified atom stereocenters. The fraction of sp³-hybridized carbons (Fsp3) is 0.106. The number of carboxylic acids is 1. The molecule has 10 nitrogen and oxygen atoms in total. The average Bonchev–Trinajstić information content (AvgIpc) is 0.790. The van der Waals surface area contributed by atoms with E-state index in [1.165, 1.54) is 96.4 Å². The number of aliphatic carboxylic acids is 1. The van der Waals surface area contributed by atoms with E-state index in [-0.39, 0.29) is 42.5 Å². The van der Waals surface area contributed by atoms with Gasteiger partial charge in [0, 0.05) is 24.0 Å². The zero-order chi connectivity index (χ0) is 77.7. The van der Waals surface area contributed by atoms with E-state index in [0.29, 0.717) is 10.9 Å². The van der Waals surface area contributed by atoms with Crippen molar-refractivity contribution in [3.05, 3.63) is 412 Å². The Morgan fingerprint density at radius 2 is 0.586 bits per heavy atom. The second kappa shape index (κ2) is 45.6. The molecule has 1 aromatic heterocycles. The topological polar surface area (TPSA) is 160 Å². The maximum Gasteiger partial charge on any atom is 0.331 e. The van der Waals surface area contributed by atoms with Crippen LogP contribution in [0.15, 0.2) is 417 Å². The molecule has 0 saturated carbocycles. The maximum atomic E-state index is 11.8. The molecule has 0 saturated heterocycles. The molecule has 111 heavy (non-hydrogen) atoms. The molecule has 0 bridgehead atoms. The number of nitrogen functional groups attached to an aromatic ring is 1. The van der Waals surface area contributed by atoms with Gasteiger partial charge in [-0.15, -0.1) is 0 Å². The molecule has 13 aromatic carbocycles. The highest BCUT2D eigenvalue weighted by atomic mass is 32.2. The number of carbonyl (C=O) groups is 1. The zero-order valence-electron chi connectivity index (χ0n) is 62.6. The van der Waals surface area contributed by atoms with Crippen molar-refractivity contribution in [1.82, 2.24) is 19.9 Å². The molecule has 0 atom stereocenters. The summed E-state index contributed by atoms with van der Waals surface area (Å²) in [7, 11) is -7.51. The lowest BCUT2D eigenvalue weighted by Crippen LogP contribution is -2.32. The standard InChI is InChI=1S/C30H33NP2.C26H24P2.C18H15O3PS.C17H17O2P.C3H4N4/c1-2-31(23-25-32(27-15-7-3-8-16-27)28-17-9-4-10-18-28)24-26-33(29-19-11-5-12-20-29)30-21-13-6-14-22-30;1-5-13-23(14-6-1)27(24-15-7-2-8-16-24)21-22-28(25-17-9-3-10-18-25)26-19-11-4-12-20-26;19-23(20,21)18-14-8-7-13-17(18)22(15-9-3-1-4-10-15)16-11-5-2-6-12-16;1-13(17(18)19)14(2)20(15-9-5-3-6-10-15)16-11-7-4-8-12-16;4-3-6-1-5-2-7-3/h3-22H,2,23-26H2,1H3;1-20H,21-22H2;1-14H,(H,19,20,21);3-12H,1-2H3,(H,18,19);1-2H,(H2,4,5,6,7). The van der Waals surface area contributed by atoms with Crippen LogP contribution in [0.5, 0.6) is 0 Å². The Morgan fingerprint density at radius 1 is 0.351 bits per heavy atom. The van der Waals surface area contributed by atoms with Crippen molar-refractivity contribution in [2.75, 3.05) is 50.0 Å². The molecule has 560 valence electrons. The number of hydrogen-bond donors (Lipinski definition) is 3. The Balaban J connectivity index is 0.000000155. The summed E-state index contributed by atoms with van der Waals surface area (Å²) in [5.74, 6) is -0.586. The molecule has 0 aliphatic carbocycles. The maximum absolute atomic E-state index is 11.8. The van der Waals surface area contributed by atoms with Crippen LogP contribution in [0, 0.1) is 0 Å². The Labute approximate surface area is 664 Å². The number of allylic oxidation sites excluding steroid dienone is 1. The minimum atomic E-state index is -4.28. The van der Waals surface area contributed by atoms with Crippen molar-refractivity contribution in [3.63, 3.8) is 0 Å². The van der Waals surface area contributed by atoms with Gasteiger partial charge in [-0.25, -0.2) is 19.7 Å². The summed E-state index contributed by atoms with van der Waals surface area (Å²) in [5.41, 5.74) is 5.53. The van der Waals surface area contributed by atoms with E-state index in [2.05, 4.69) is 294 Å². The van der Waals surface area contributed by atoms with Gasteiger partial charge in [-0.05, 0) is 168 Å². The number of benzene rings is 13. The van der Waals surface area contributed by atoms with Crippen LogP contribution in [0.25, 0.3) is 0 Å². The number of rotatable bonds is 26. The summed E-state index contributed by atoms with van der Waals surface area (Å²) in [6.45, 7) is 9.28. The molecule has 0 spiro atoms. The molecule has 0 radical (unpaired) electrons. The van der Waals surface area contributed by atoms with Gasteiger partial charge < -0.3 is 15.7 Å². The lowest BCUT2D eigenvalue weighted by molar-refractivity contribution is -0.132.